The van der Waals surface area contributed by atoms with E-state index in [2.05, 4.69) is 5.32 Å². The molecule has 4 N–H and O–H groups in total. The fourth-order valence-electron chi connectivity index (χ4n) is 3.65. The van der Waals surface area contributed by atoms with Gasteiger partial charge in [-0.05, 0) is 55.1 Å². The van der Waals surface area contributed by atoms with Gasteiger partial charge in [0.2, 0.25) is 10.0 Å². The third-order valence-corrected chi connectivity index (χ3v) is 6.40. The number of piperidine rings is 1. The first-order valence-corrected chi connectivity index (χ1v) is 11.5. The maximum absolute atomic E-state index is 12.7. The van der Waals surface area contributed by atoms with E-state index in [1.165, 1.54) is 36.4 Å². The summed E-state index contributed by atoms with van der Waals surface area (Å²) in [4.78, 5) is 0.109. The van der Waals surface area contributed by atoms with Crippen LogP contribution < -0.4 is 15.2 Å². The Morgan fingerprint density at radius 1 is 1.16 bits per heavy atom. The van der Waals surface area contributed by atoms with Crippen LogP contribution in [0.3, 0.4) is 0 Å². The predicted octanol–water partition coefficient (Wildman–Crippen LogP) is 3.20. The van der Waals surface area contributed by atoms with Crippen LogP contribution in [0, 0.1) is 5.82 Å². The summed E-state index contributed by atoms with van der Waals surface area (Å²) in [6.45, 7) is 0.707. The van der Waals surface area contributed by atoms with Gasteiger partial charge >= 0.3 is 6.18 Å². The van der Waals surface area contributed by atoms with Gasteiger partial charge in [0.05, 0.1) is 11.5 Å². The number of hydrogen-bond acceptors (Lipinski definition) is 5. The fourth-order valence-corrected chi connectivity index (χ4v) is 4.18. The molecule has 0 aliphatic carbocycles. The van der Waals surface area contributed by atoms with Crippen LogP contribution in [0.4, 0.5) is 17.6 Å². The van der Waals surface area contributed by atoms with Crippen molar-refractivity contribution in [2.24, 2.45) is 5.14 Å². The van der Waals surface area contributed by atoms with E-state index in [1.807, 2.05) is 0 Å². The molecule has 11 heteroatoms. The van der Waals surface area contributed by atoms with Crippen molar-refractivity contribution in [3.63, 3.8) is 0 Å². The van der Waals surface area contributed by atoms with Gasteiger partial charge in [-0.25, -0.2) is 17.9 Å². The van der Waals surface area contributed by atoms with Crippen LogP contribution >= 0.6 is 0 Å². The van der Waals surface area contributed by atoms with E-state index in [4.69, 9.17) is 9.88 Å². The molecule has 2 aromatic rings. The second-order valence-electron chi connectivity index (χ2n) is 7.81. The van der Waals surface area contributed by atoms with E-state index < -0.39 is 40.1 Å². The van der Waals surface area contributed by atoms with Crippen molar-refractivity contribution in [3.8, 4) is 5.75 Å². The molecule has 2 aliphatic rings. The molecule has 0 unspecified atom stereocenters. The lowest BCUT2D eigenvalue weighted by molar-refractivity contribution is -0.271. The number of ether oxygens (including phenoxy) is 1. The molecular formula is C21H24F4N2O4S. The number of rotatable bonds is 2. The van der Waals surface area contributed by atoms with E-state index in [1.54, 1.807) is 6.07 Å². The van der Waals surface area contributed by atoms with Crippen LogP contribution in [0.1, 0.15) is 36.4 Å². The van der Waals surface area contributed by atoms with E-state index in [-0.39, 0.29) is 17.9 Å². The van der Waals surface area contributed by atoms with Gasteiger partial charge in [-0.1, -0.05) is 18.2 Å². The van der Waals surface area contributed by atoms with Crippen LogP contribution in [-0.4, -0.2) is 38.5 Å². The van der Waals surface area contributed by atoms with E-state index in [0.29, 0.717) is 17.9 Å². The highest BCUT2D eigenvalue weighted by molar-refractivity contribution is 7.89. The predicted molar refractivity (Wildman–Crippen MR) is 109 cm³/mol. The molecule has 0 amide bonds. The van der Waals surface area contributed by atoms with Crippen LogP contribution in [0.25, 0.3) is 0 Å². The molecule has 0 bridgehead atoms. The Hall–Kier alpha value is -2.21. The molecule has 2 heterocycles. The number of aliphatic hydroxyl groups is 1. The Kier molecular flexibility index (Phi) is 7.13. The lowest BCUT2D eigenvalue weighted by Gasteiger charge is -2.38. The lowest BCUT2D eigenvalue weighted by atomic mass is 9.84. The van der Waals surface area contributed by atoms with Gasteiger partial charge in [0, 0.05) is 18.5 Å². The summed E-state index contributed by atoms with van der Waals surface area (Å²) in [5.74, 6) is 0.198. The Morgan fingerprint density at radius 3 is 2.47 bits per heavy atom. The van der Waals surface area contributed by atoms with Crippen molar-refractivity contribution < 1.29 is 35.8 Å². The summed E-state index contributed by atoms with van der Waals surface area (Å²) in [5.41, 5.74) is -1.08. The third kappa shape index (κ3) is 5.77. The van der Waals surface area contributed by atoms with E-state index in [0.717, 1.165) is 18.4 Å². The molecule has 6 nitrogen and oxygen atoms in total. The summed E-state index contributed by atoms with van der Waals surface area (Å²) >= 11 is 0. The topological polar surface area (TPSA) is 102 Å². The number of primary sulfonamides is 1. The van der Waals surface area contributed by atoms with E-state index in [9.17, 15) is 31.1 Å². The van der Waals surface area contributed by atoms with Gasteiger partial charge in [-0.15, -0.1) is 0 Å². The Labute approximate surface area is 183 Å². The second-order valence-corrected chi connectivity index (χ2v) is 9.37. The second kappa shape index (κ2) is 9.34. The molecule has 2 atom stereocenters. The lowest BCUT2D eigenvalue weighted by Crippen LogP contribution is -2.53. The highest BCUT2D eigenvalue weighted by atomic mass is 32.2. The first-order chi connectivity index (χ1) is 14.9. The number of benzene rings is 2. The minimum Gasteiger partial charge on any atom is -0.493 e. The zero-order valence-electron chi connectivity index (χ0n) is 17.0. The number of sulfonamides is 1. The highest BCUT2D eigenvalue weighted by Gasteiger charge is 2.55. The van der Waals surface area contributed by atoms with Crippen molar-refractivity contribution in [1.29, 1.82) is 0 Å². The molecule has 176 valence electrons. The van der Waals surface area contributed by atoms with Crippen molar-refractivity contribution in [3.05, 3.63) is 59.4 Å². The van der Waals surface area contributed by atoms with Crippen molar-refractivity contribution in [1.82, 2.24) is 5.32 Å². The van der Waals surface area contributed by atoms with E-state index >= 15 is 0 Å². The van der Waals surface area contributed by atoms with Crippen molar-refractivity contribution in [2.45, 2.75) is 48.4 Å². The van der Waals surface area contributed by atoms with Gasteiger partial charge < -0.3 is 15.2 Å². The summed E-state index contributed by atoms with van der Waals surface area (Å²) in [5, 5.41) is 17.6. The van der Waals surface area contributed by atoms with Gasteiger partial charge in [-0.2, -0.15) is 13.2 Å². The molecular weight excluding hydrogens is 452 g/mol. The monoisotopic (exact) mass is 476 g/mol. The quantitative estimate of drug-likeness (QED) is 0.578. The van der Waals surface area contributed by atoms with Gasteiger partial charge in [0.15, 0.2) is 5.60 Å². The van der Waals surface area contributed by atoms with Crippen LogP contribution in [0.2, 0.25) is 0 Å². The highest BCUT2D eigenvalue weighted by Crippen LogP contribution is 2.41. The summed E-state index contributed by atoms with van der Waals surface area (Å²) in [6.07, 6.45) is -3.56. The molecule has 4 rings (SSSR count). The minimum atomic E-state index is -4.65. The van der Waals surface area contributed by atoms with Gasteiger partial charge in [0.1, 0.15) is 11.6 Å². The zero-order valence-corrected chi connectivity index (χ0v) is 17.8. The standard InChI is InChI=1S/C12H13F4NO.C9H11NO3S/c13-9-3-1-8(2-4-9)10-7-11(18,5-6-17-10)12(14,15)16;10-14(11,12)8-4-3-7-2-1-5-13-9(7)6-8/h1-4,10,17-18H,5-7H2;3-4,6H,1-2,5H2,(H2,10,11,12)/t10-,11-;/m0./s1. The number of aryl methyl sites for hydroxylation is 1. The number of nitrogens with one attached hydrogen (secondary N) is 1. The molecule has 0 radical (unpaired) electrons. The summed E-state index contributed by atoms with van der Waals surface area (Å²) < 4.78 is 78.4. The smallest absolute Gasteiger partial charge is 0.417 e. The average molecular weight is 476 g/mol. The van der Waals surface area contributed by atoms with Crippen LogP contribution in [-0.2, 0) is 16.4 Å². The maximum atomic E-state index is 12.7. The summed E-state index contributed by atoms with van der Waals surface area (Å²) in [7, 11) is -3.62. The molecule has 0 aromatic heterocycles. The number of alkyl halides is 3. The van der Waals surface area contributed by atoms with Crippen molar-refractivity contribution in [2.75, 3.05) is 13.2 Å². The SMILES string of the molecule is NS(=O)(=O)c1ccc2c(c1)OCCC2.O[C@@]1(C(F)(F)F)CCN[C@H](c2ccc(F)cc2)C1. The Morgan fingerprint density at radius 2 is 1.84 bits per heavy atom. The molecule has 1 saturated heterocycles. The fraction of sp³-hybridized carbons (Fsp3) is 0.429. The summed E-state index contributed by atoms with van der Waals surface area (Å²) in [6, 6.07) is 9.38. The maximum Gasteiger partial charge on any atom is 0.417 e. The number of hydrogen-bond donors (Lipinski definition) is 3. The van der Waals surface area contributed by atoms with Crippen LogP contribution in [0.5, 0.6) is 5.75 Å². The molecule has 0 saturated carbocycles. The van der Waals surface area contributed by atoms with Crippen molar-refractivity contribution >= 4 is 10.0 Å². The zero-order chi connectivity index (χ0) is 23.6. The Bertz CT molecular complexity index is 1040. The molecule has 1 fully saturated rings. The molecule has 2 aromatic carbocycles. The average Bonchev–Trinajstić information content (AvgIpc) is 2.73. The largest absolute Gasteiger partial charge is 0.493 e. The molecule has 32 heavy (non-hydrogen) atoms. The number of nitrogens with two attached hydrogens (primary N) is 1. The third-order valence-electron chi connectivity index (χ3n) is 5.49. The van der Waals surface area contributed by atoms with Crippen LogP contribution in [0.15, 0.2) is 47.4 Å². The normalized spacial score (nSPS) is 23.4. The number of fused-ring (bicyclic) bond motifs is 1. The first-order valence-electron chi connectivity index (χ1n) is 9.95. The minimum absolute atomic E-state index is 0.0675. The molecule has 0 spiro atoms. The Balaban J connectivity index is 0.000000186. The van der Waals surface area contributed by atoms with Gasteiger partial charge in [0.25, 0.3) is 0 Å². The van der Waals surface area contributed by atoms with Gasteiger partial charge in [-0.3, -0.25) is 0 Å². The molecule has 2 aliphatic heterocycles. The first kappa shape index (κ1) is 24.4. The number of halogens is 4.